The minimum atomic E-state index is -1.26. The Balaban J connectivity index is 2.10. The first-order valence-electron chi connectivity index (χ1n) is 10.4. The normalized spacial score (nSPS) is 13.4. The molecule has 0 bridgehead atoms. The molecule has 0 saturated carbocycles. The summed E-state index contributed by atoms with van der Waals surface area (Å²) in [5.74, 6) is -1.25. The molecule has 0 unspecified atom stereocenters. The van der Waals surface area contributed by atoms with Crippen molar-refractivity contribution in [2.45, 2.75) is 58.7 Å². The summed E-state index contributed by atoms with van der Waals surface area (Å²) in [6.45, 7) is 7.34. The molecule has 5 heteroatoms. The van der Waals surface area contributed by atoms with E-state index in [9.17, 15) is 14.7 Å². The van der Waals surface area contributed by atoms with Crippen molar-refractivity contribution in [3.8, 4) is 11.1 Å². The lowest BCUT2D eigenvalue weighted by Crippen LogP contribution is -2.30. The number of aliphatic hydroxyl groups excluding tert-OH is 1. The van der Waals surface area contributed by atoms with Crippen LogP contribution in [0.4, 0.5) is 0 Å². The fourth-order valence-electron chi connectivity index (χ4n) is 3.31. The highest BCUT2D eigenvalue weighted by Gasteiger charge is 2.26. The number of rotatable bonds is 9. The molecule has 5 nitrogen and oxygen atoms in total. The van der Waals surface area contributed by atoms with Crippen molar-refractivity contribution < 1.29 is 24.2 Å². The molecule has 0 saturated heterocycles. The van der Waals surface area contributed by atoms with E-state index in [2.05, 4.69) is 12.1 Å². The van der Waals surface area contributed by atoms with E-state index in [0.29, 0.717) is 6.42 Å². The van der Waals surface area contributed by atoms with Gasteiger partial charge in [-0.2, -0.15) is 0 Å². The van der Waals surface area contributed by atoms with Crippen LogP contribution in [0.5, 0.6) is 0 Å². The molecule has 2 aromatic rings. The van der Waals surface area contributed by atoms with Crippen LogP contribution in [0.15, 0.2) is 54.6 Å². The number of benzene rings is 2. The number of hydrogen-bond acceptors (Lipinski definition) is 5. The lowest BCUT2D eigenvalue weighted by molar-refractivity contribution is -0.158. The predicted octanol–water partition coefficient (Wildman–Crippen LogP) is 4.56. The maximum Gasteiger partial charge on any atom is 0.334 e. The Morgan fingerprint density at radius 1 is 0.967 bits per heavy atom. The summed E-state index contributed by atoms with van der Waals surface area (Å²) < 4.78 is 10.3. The van der Waals surface area contributed by atoms with Crippen molar-refractivity contribution in [3.05, 3.63) is 60.2 Å². The number of esters is 2. The Morgan fingerprint density at radius 2 is 1.57 bits per heavy atom. The first kappa shape index (κ1) is 23.6. The third-order valence-electron chi connectivity index (χ3n) is 4.58. The zero-order valence-corrected chi connectivity index (χ0v) is 18.3. The minimum absolute atomic E-state index is 0.119. The molecule has 0 spiro atoms. The van der Waals surface area contributed by atoms with E-state index in [1.54, 1.807) is 6.92 Å². The largest absolute Gasteiger partial charge is 0.464 e. The molecule has 0 aliphatic rings. The van der Waals surface area contributed by atoms with Gasteiger partial charge in [-0.1, -0.05) is 54.6 Å². The average Bonchev–Trinajstić information content (AvgIpc) is 2.68. The van der Waals surface area contributed by atoms with E-state index in [1.807, 2.05) is 63.2 Å². The molecule has 0 aromatic heterocycles. The van der Waals surface area contributed by atoms with Crippen LogP contribution >= 0.6 is 0 Å². The second-order valence-corrected chi connectivity index (χ2v) is 8.43. The number of ether oxygens (including phenoxy) is 2. The van der Waals surface area contributed by atoms with Gasteiger partial charge < -0.3 is 14.6 Å². The van der Waals surface area contributed by atoms with Gasteiger partial charge in [0.1, 0.15) is 5.60 Å². The molecule has 2 atom stereocenters. The number of hydrogen-bond donors (Lipinski definition) is 1. The van der Waals surface area contributed by atoms with E-state index in [-0.39, 0.29) is 31.3 Å². The van der Waals surface area contributed by atoms with Gasteiger partial charge in [0.2, 0.25) is 0 Å². The molecular formula is C25H32O5. The highest BCUT2D eigenvalue weighted by Crippen LogP contribution is 2.24. The van der Waals surface area contributed by atoms with Gasteiger partial charge in [-0.25, -0.2) is 4.79 Å². The summed E-state index contributed by atoms with van der Waals surface area (Å²) in [6.07, 6.45) is -0.460. The third-order valence-corrected chi connectivity index (χ3v) is 4.58. The van der Waals surface area contributed by atoms with Crippen LogP contribution in [0.2, 0.25) is 0 Å². The lowest BCUT2D eigenvalue weighted by Gasteiger charge is -2.23. The van der Waals surface area contributed by atoms with E-state index in [0.717, 1.165) is 16.7 Å². The summed E-state index contributed by atoms with van der Waals surface area (Å²) in [6, 6.07) is 18.2. The Kier molecular flexibility index (Phi) is 8.60. The van der Waals surface area contributed by atoms with Crippen molar-refractivity contribution in [1.82, 2.24) is 0 Å². The molecule has 30 heavy (non-hydrogen) atoms. The molecular weight excluding hydrogens is 380 g/mol. The summed E-state index contributed by atoms with van der Waals surface area (Å²) in [5, 5.41) is 10.2. The number of carbonyl (C=O) groups excluding carboxylic acids is 2. The van der Waals surface area contributed by atoms with Gasteiger partial charge in [-0.05, 0) is 63.1 Å². The molecule has 0 aliphatic heterocycles. The topological polar surface area (TPSA) is 72.8 Å². The van der Waals surface area contributed by atoms with Crippen LogP contribution in [0, 0.1) is 5.92 Å². The Morgan fingerprint density at radius 3 is 2.13 bits per heavy atom. The first-order valence-corrected chi connectivity index (χ1v) is 10.4. The third kappa shape index (κ3) is 7.99. The second-order valence-electron chi connectivity index (χ2n) is 8.43. The molecule has 0 amide bonds. The number of carbonyl (C=O) groups is 2. The summed E-state index contributed by atoms with van der Waals surface area (Å²) >= 11 is 0. The van der Waals surface area contributed by atoms with Crippen LogP contribution in [0.25, 0.3) is 11.1 Å². The van der Waals surface area contributed by atoms with Gasteiger partial charge in [0.05, 0.1) is 6.61 Å². The van der Waals surface area contributed by atoms with Gasteiger partial charge >= 0.3 is 11.9 Å². The van der Waals surface area contributed by atoms with Crippen molar-refractivity contribution in [2.24, 2.45) is 5.92 Å². The van der Waals surface area contributed by atoms with Crippen molar-refractivity contribution in [1.29, 1.82) is 0 Å². The maximum absolute atomic E-state index is 12.4. The molecule has 0 aliphatic carbocycles. The molecule has 0 radical (unpaired) electrons. The zero-order valence-electron chi connectivity index (χ0n) is 18.3. The highest BCUT2D eigenvalue weighted by molar-refractivity contribution is 5.74. The standard InChI is InChI=1S/C25H32O5/c1-5-29-24(28)22(26)16-19(17-23(27)30-25(2,3)4)15-18-11-13-21(14-12-18)20-9-7-6-8-10-20/h6-14,19,22,26H,5,15-17H2,1-4H3/t19-,22+/m0/s1. The van der Waals surface area contributed by atoms with E-state index < -0.39 is 17.7 Å². The SMILES string of the molecule is CCOC(=O)[C@H](O)C[C@@H](CC(=O)OC(C)(C)C)Cc1ccc(-c2ccccc2)cc1. The average molecular weight is 413 g/mol. The van der Waals surface area contributed by atoms with Crippen molar-refractivity contribution in [2.75, 3.05) is 6.61 Å². The van der Waals surface area contributed by atoms with Crippen molar-refractivity contribution >= 4 is 11.9 Å². The quantitative estimate of drug-likeness (QED) is 0.611. The zero-order chi connectivity index (χ0) is 22.1. The summed E-state index contributed by atoms with van der Waals surface area (Å²) in [5.41, 5.74) is 2.68. The van der Waals surface area contributed by atoms with Crippen LogP contribution in [-0.4, -0.2) is 35.4 Å². The van der Waals surface area contributed by atoms with E-state index in [1.165, 1.54) is 0 Å². The lowest BCUT2D eigenvalue weighted by atomic mass is 9.90. The van der Waals surface area contributed by atoms with Gasteiger partial charge in [0.25, 0.3) is 0 Å². The van der Waals surface area contributed by atoms with Crippen LogP contribution in [-0.2, 0) is 25.5 Å². The summed E-state index contributed by atoms with van der Waals surface area (Å²) in [4.78, 5) is 24.2. The van der Waals surface area contributed by atoms with Crippen molar-refractivity contribution in [3.63, 3.8) is 0 Å². The Labute approximate surface area is 179 Å². The smallest absolute Gasteiger partial charge is 0.334 e. The van der Waals surface area contributed by atoms with Gasteiger partial charge in [-0.3, -0.25) is 4.79 Å². The maximum atomic E-state index is 12.4. The van der Waals surface area contributed by atoms with E-state index >= 15 is 0 Å². The molecule has 0 fully saturated rings. The fourth-order valence-corrected chi connectivity index (χ4v) is 3.31. The summed E-state index contributed by atoms with van der Waals surface area (Å²) in [7, 11) is 0. The second kappa shape index (κ2) is 10.9. The predicted molar refractivity (Wildman–Crippen MR) is 117 cm³/mol. The van der Waals surface area contributed by atoms with Crippen LogP contribution in [0.3, 0.4) is 0 Å². The first-order chi connectivity index (χ1) is 14.2. The van der Waals surface area contributed by atoms with Gasteiger partial charge in [-0.15, -0.1) is 0 Å². The van der Waals surface area contributed by atoms with Gasteiger partial charge in [0.15, 0.2) is 6.10 Å². The molecule has 162 valence electrons. The molecule has 2 aromatic carbocycles. The Bertz CT molecular complexity index is 806. The number of aliphatic hydroxyl groups is 1. The molecule has 1 N–H and O–H groups in total. The van der Waals surface area contributed by atoms with Crippen LogP contribution < -0.4 is 0 Å². The highest BCUT2D eigenvalue weighted by atomic mass is 16.6. The van der Waals surface area contributed by atoms with E-state index in [4.69, 9.17) is 9.47 Å². The molecule has 2 rings (SSSR count). The van der Waals surface area contributed by atoms with Gasteiger partial charge in [0, 0.05) is 6.42 Å². The Hall–Kier alpha value is -2.66. The van der Waals surface area contributed by atoms with Crippen LogP contribution in [0.1, 0.15) is 46.1 Å². The molecule has 0 heterocycles. The fraction of sp³-hybridized carbons (Fsp3) is 0.440. The minimum Gasteiger partial charge on any atom is -0.464 e. The monoisotopic (exact) mass is 412 g/mol.